The molecule has 0 unspecified atom stereocenters. The van der Waals surface area contributed by atoms with E-state index in [9.17, 15) is 13.2 Å². The fourth-order valence-corrected chi connectivity index (χ4v) is 4.54. The van der Waals surface area contributed by atoms with Crippen LogP contribution in [0.5, 0.6) is 0 Å². The van der Waals surface area contributed by atoms with Crippen molar-refractivity contribution in [2.45, 2.75) is 38.1 Å². The highest BCUT2D eigenvalue weighted by Gasteiger charge is 2.24. The van der Waals surface area contributed by atoms with Gasteiger partial charge in [-0.25, -0.2) is 22.8 Å². The van der Waals surface area contributed by atoms with Crippen LogP contribution in [0, 0.1) is 6.92 Å². The van der Waals surface area contributed by atoms with Crippen molar-refractivity contribution in [1.29, 1.82) is 0 Å². The van der Waals surface area contributed by atoms with Gasteiger partial charge in [-0.2, -0.15) is 5.10 Å². The van der Waals surface area contributed by atoms with Gasteiger partial charge in [0.25, 0.3) is 5.91 Å². The average Bonchev–Trinajstić information content (AvgIpc) is 3.14. The van der Waals surface area contributed by atoms with Gasteiger partial charge in [0, 0.05) is 11.1 Å². The number of amides is 1. The molecule has 0 saturated heterocycles. The summed E-state index contributed by atoms with van der Waals surface area (Å²) in [5.41, 5.74) is 1.08. The number of hydrogen-bond donors (Lipinski definition) is 2. The van der Waals surface area contributed by atoms with Gasteiger partial charge in [-0.1, -0.05) is 23.7 Å². The third-order valence-electron chi connectivity index (χ3n) is 4.09. The molecule has 0 aliphatic rings. The highest BCUT2D eigenvalue weighted by molar-refractivity contribution is 7.89. The van der Waals surface area contributed by atoms with Gasteiger partial charge in [0.2, 0.25) is 10.0 Å². The maximum Gasteiger partial charge on any atom is 0.256 e. The molecule has 0 aliphatic heterocycles. The minimum atomic E-state index is -3.79. The molecule has 0 fully saturated rings. The van der Waals surface area contributed by atoms with Gasteiger partial charge in [-0.05, 0) is 57.5 Å². The Morgan fingerprint density at radius 3 is 2.53 bits per heavy atom. The van der Waals surface area contributed by atoms with Crippen molar-refractivity contribution in [3.8, 4) is 5.69 Å². The van der Waals surface area contributed by atoms with E-state index in [2.05, 4.69) is 20.1 Å². The summed E-state index contributed by atoms with van der Waals surface area (Å²) in [7, 11) is -3.79. The lowest BCUT2D eigenvalue weighted by Crippen LogP contribution is -2.40. The largest absolute Gasteiger partial charge is 0.320 e. The Kier molecular flexibility index (Phi) is 5.98. The molecule has 0 bridgehead atoms. The predicted molar refractivity (Wildman–Crippen MR) is 116 cm³/mol. The van der Waals surface area contributed by atoms with Crippen LogP contribution in [-0.4, -0.2) is 34.6 Å². The van der Waals surface area contributed by atoms with Crippen LogP contribution in [0.3, 0.4) is 0 Å². The van der Waals surface area contributed by atoms with Crippen molar-refractivity contribution in [2.75, 3.05) is 5.32 Å². The summed E-state index contributed by atoms with van der Waals surface area (Å²) >= 11 is 6.30. The maximum atomic E-state index is 13.0. The number of carbonyl (C=O) groups is 1. The lowest BCUT2D eigenvalue weighted by molar-refractivity contribution is 0.102. The first kappa shape index (κ1) is 21.9. The summed E-state index contributed by atoms with van der Waals surface area (Å²) in [4.78, 5) is 16.9. The molecule has 8 nitrogen and oxygen atoms in total. The molecule has 3 aromatic rings. The first-order valence-corrected chi connectivity index (χ1v) is 10.9. The minimum absolute atomic E-state index is 0.00997. The number of rotatable bonds is 5. The maximum absolute atomic E-state index is 13.0. The molecule has 0 atom stereocenters. The summed E-state index contributed by atoms with van der Waals surface area (Å²) in [6.45, 7) is 6.98. The van der Waals surface area contributed by atoms with Crippen molar-refractivity contribution < 1.29 is 13.2 Å². The van der Waals surface area contributed by atoms with Gasteiger partial charge >= 0.3 is 0 Å². The van der Waals surface area contributed by atoms with E-state index in [1.807, 2.05) is 0 Å². The number of benzene rings is 2. The molecule has 0 aliphatic carbocycles. The Hall–Kier alpha value is -2.75. The zero-order valence-corrected chi connectivity index (χ0v) is 18.5. The Morgan fingerprint density at radius 2 is 1.90 bits per heavy atom. The normalized spacial score (nSPS) is 12.0. The van der Waals surface area contributed by atoms with E-state index in [0.29, 0.717) is 22.0 Å². The number of nitrogens with one attached hydrogen (secondary N) is 2. The van der Waals surface area contributed by atoms with Gasteiger partial charge < -0.3 is 5.32 Å². The molecule has 1 amide bonds. The summed E-state index contributed by atoms with van der Waals surface area (Å²) < 4.78 is 29.4. The lowest BCUT2D eigenvalue weighted by Gasteiger charge is -2.21. The zero-order chi connectivity index (χ0) is 22.1. The molecule has 1 aromatic heterocycles. The molecule has 2 N–H and O–H groups in total. The summed E-state index contributed by atoms with van der Waals surface area (Å²) in [6, 6.07) is 9.48. The second kappa shape index (κ2) is 8.17. The van der Waals surface area contributed by atoms with Crippen LogP contribution >= 0.6 is 11.6 Å². The third-order valence-corrected chi connectivity index (χ3v) is 6.15. The molecular weight excluding hydrogens is 426 g/mol. The monoisotopic (exact) mass is 447 g/mol. The number of para-hydroxylation sites is 1. The Balaban J connectivity index is 1.97. The fraction of sp³-hybridized carbons (Fsp3) is 0.250. The SMILES string of the molecule is Cc1ccc(S(=O)(=O)NC(C)(C)C)cc1C(=O)Nc1cccc(Cl)c1-n1cncn1. The zero-order valence-electron chi connectivity index (χ0n) is 17.0. The van der Waals surface area contributed by atoms with Crippen molar-refractivity contribution in [3.63, 3.8) is 0 Å². The quantitative estimate of drug-likeness (QED) is 0.622. The number of carbonyl (C=O) groups excluding carboxylic acids is 1. The first-order valence-electron chi connectivity index (χ1n) is 9.07. The van der Waals surface area contributed by atoms with Crippen LogP contribution in [0.2, 0.25) is 5.02 Å². The number of halogens is 1. The number of sulfonamides is 1. The van der Waals surface area contributed by atoms with E-state index < -0.39 is 21.5 Å². The van der Waals surface area contributed by atoms with Crippen molar-refractivity contribution >= 4 is 33.2 Å². The van der Waals surface area contributed by atoms with E-state index >= 15 is 0 Å². The van der Waals surface area contributed by atoms with E-state index in [-0.39, 0.29) is 10.5 Å². The van der Waals surface area contributed by atoms with Crippen molar-refractivity contribution in [1.82, 2.24) is 19.5 Å². The number of hydrogen-bond acceptors (Lipinski definition) is 5. The van der Waals surface area contributed by atoms with Gasteiger partial charge in [-0.15, -0.1) is 0 Å². The summed E-state index contributed by atoms with van der Waals surface area (Å²) in [6.07, 6.45) is 2.82. The van der Waals surface area contributed by atoms with Crippen LogP contribution in [0.4, 0.5) is 5.69 Å². The number of aromatic nitrogens is 3. The Labute approximate surface area is 180 Å². The highest BCUT2D eigenvalue weighted by Crippen LogP contribution is 2.28. The van der Waals surface area contributed by atoms with Gasteiger partial charge in [0.15, 0.2) is 0 Å². The standard InChI is InChI=1S/C20H22ClN5O3S/c1-13-8-9-14(30(28,29)25-20(2,3)4)10-15(13)19(27)24-17-7-5-6-16(21)18(17)26-12-22-11-23-26/h5-12,25H,1-4H3,(H,24,27). The first-order chi connectivity index (χ1) is 14.0. The third kappa shape index (κ3) is 4.86. The van der Waals surface area contributed by atoms with E-state index in [1.165, 1.54) is 29.5 Å². The molecule has 3 rings (SSSR count). The summed E-state index contributed by atoms with van der Waals surface area (Å²) in [5.74, 6) is -0.469. The van der Waals surface area contributed by atoms with Crippen LogP contribution in [0.1, 0.15) is 36.7 Å². The second-order valence-electron chi connectivity index (χ2n) is 7.76. The molecule has 158 valence electrons. The molecule has 30 heavy (non-hydrogen) atoms. The molecule has 0 spiro atoms. The van der Waals surface area contributed by atoms with E-state index in [4.69, 9.17) is 11.6 Å². The summed E-state index contributed by atoms with van der Waals surface area (Å²) in [5, 5.41) is 7.24. The van der Waals surface area contributed by atoms with Crippen molar-refractivity contribution in [3.05, 3.63) is 65.2 Å². The fourth-order valence-electron chi connectivity index (χ4n) is 2.84. The number of nitrogens with zero attached hydrogens (tertiary/aromatic N) is 3. The highest BCUT2D eigenvalue weighted by atomic mass is 35.5. The van der Waals surface area contributed by atoms with Gasteiger partial charge in [0.05, 0.1) is 15.6 Å². The van der Waals surface area contributed by atoms with Crippen LogP contribution in [0.25, 0.3) is 5.69 Å². The van der Waals surface area contributed by atoms with E-state index in [0.717, 1.165) is 0 Å². The molecule has 0 radical (unpaired) electrons. The van der Waals surface area contributed by atoms with Gasteiger partial charge in [-0.3, -0.25) is 4.79 Å². The second-order valence-corrected chi connectivity index (χ2v) is 9.85. The minimum Gasteiger partial charge on any atom is -0.320 e. The topological polar surface area (TPSA) is 106 Å². The Bertz CT molecular complexity index is 1190. The number of aryl methyl sites for hydroxylation is 1. The molecule has 0 saturated carbocycles. The molecule has 2 aromatic carbocycles. The molecule has 10 heteroatoms. The number of anilines is 1. The van der Waals surface area contributed by atoms with Crippen molar-refractivity contribution in [2.24, 2.45) is 0 Å². The van der Waals surface area contributed by atoms with Crippen LogP contribution in [-0.2, 0) is 10.0 Å². The smallest absolute Gasteiger partial charge is 0.256 e. The molecule has 1 heterocycles. The van der Waals surface area contributed by atoms with Gasteiger partial charge in [0.1, 0.15) is 18.3 Å². The lowest BCUT2D eigenvalue weighted by atomic mass is 10.1. The Morgan fingerprint density at radius 1 is 1.17 bits per heavy atom. The van der Waals surface area contributed by atoms with Crippen LogP contribution in [0.15, 0.2) is 53.9 Å². The average molecular weight is 448 g/mol. The van der Waals surface area contributed by atoms with E-state index in [1.54, 1.807) is 52.0 Å². The molecular formula is C20H22ClN5O3S. The van der Waals surface area contributed by atoms with Crippen LogP contribution < -0.4 is 10.0 Å². The predicted octanol–water partition coefficient (Wildman–Crippen LogP) is 3.56.